The third-order valence-electron chi connectivity index (χ3n) is 5.24. The maximum Gasteiger partial charge on any atom is 0.471 e. The van der Waals surface area contributed by atoms with Gasteiger partial charge in [0.15, 0.2) is 0 Å². The zero-order valence-electron chi connectivity index (χ0n) is 18.0. The lowest BCUT2D eigenvalue weighted by atomic mass is 10.1. The molecule has 0 aromatic heterocycles. The van der Waals surface area contributed by atoms with Crippen LogP contribution in [-0.2, 0) is 9.59 Å². The number of hydrogen-bond acceptors (Lipinski definition) is 3. The summed E-state index contributed by atoms with van der Waals surface area (Å²) in [6.07, 6.45) is -4.93. The molecular weight excluding hydrogens is 589 g/mol. The summed E-state index contributed by atoms with van der Waals surface area (Å²) in [5, 5.41) is 7.64. The molecule has 0 spiro atoms. The van der Waals surface area contributed by atoms with Crippen molar-refractivity contribution in [2.24, 2.45) is 5.92 Å². The first-order valence-electron chi connectivity index (χ1n) is 10.3. The van der Waals surface area contributed by atoms with Crippen molar-refractivity contribution in [3.63, 3.8) is 0 Å². The standard InChI is InChI=1S/C22H17Cl5F3N3O3/c23-11-6-10(7-12(24)8-11)16-17(21(16,26)27)19(35)33-13-2-3-15(25)14(9-13)18(34)31-4-1-5-32-20(36)22(28,29)30/h2-3,6-9,16-17H,1,4-5H2,(H,31,34)(H,32,36)(H,33,35). The van der Waals surface area contributed by atoms with E-state index in [-0.39, 0.29) is 35.8 Å². The Hall–Kier alpha value is -1.91. The van der Waals surface area contributed by atoms with Crippen molar-refractivity contribution in [3.05, 3.63) is 62.6 Å². The monoisotopic (exact) mass is 603 g/mol. The van der Waals surface area contributed by atoms with Gasteiger partial charge in [-0.3, -0.25) is 14.4 Å². The van der Waals surface area contributed by atoms with Crippen LogP contribution in [0.25, 0.3) is 0 Å². The van der Waals surface area contributed by atoms with Gasteiger partial charge >= 0.3 is 12.1 Å². The topological polar surface area (TPSA) is 87.3 Å². The Bertz CT molecular complexity index is 1170. The quantitative estimate of drug-likeness (QED) is 0.256. The van der Waals surface area contributed by atoms with Gasteiger partial charge in [-0.15, -0.1) is 23.2 Å². The van der Waals surface area contributed by atoms with E-state index in [1.54, 1.807) is 17.4 Å². The number of nitrogens with one attached hydrogen (secondary N) is 3. The second-order valence-electron chi connectivity index (χ2n) is 7.88. The van der Waals surface area contributed by atoms with E-state index in [0.29, 0.717) is 15.6 Å². The van der Waals surface area contributed by atoms with E-state index in [9.17, 15) is 27.6 Å². The van der Waals surface area contributed by atoms with Crippen molar-refractivity contribution in [1.82, 2.24) is 10.6 Å². The Labute approximate surface area is 228 Å². The molecule has 2 unspecified atom stereocenters. The van der Waals surface area contributed by atoms with E-state index in [2.05, 4.69) is 10.6 Å². The summed E-state index contributed by atoms with van der Waals surface area (Å²) >= 11 is 30.9. The Kier molecular flexibility index (Phi) is 8.94. The van der Waals surface area contributed by atoms with Gasteiger partial charge in [-0.2, -0.15) is 13.2 Å². The Morgan fingerprint density at radius 3 is 2.14 bits per heavy atom. The second kappa shape index (κ2) is 11.2. The lowest BCUT2D eigenvalue weighted by Crippen LogP contribution is -2.38. The predicted molar refractivity (Wildman–Crippen MR) is 133 cm³/mol. The summed E-state index contributed by atoms with van der Waals surface area (Å²) in [4.78, 5) is 36.1. The van der Waals surface area contributed by atoms with Crippen molar-refractivity contribution in [3.8, 4) is 0 Å². The van der Waals surface area contributed by atoms with Crippen molar-refractivity contribution < 1.29 is 27.6 Å². The van der Waals surface area contributed by atoms with E-state index < -0.39 is 40.1 Å². The molecule has 3 N–H and O–H groups in total. The third kappa shape index (κ3) is 6.89. The molecule has 0 radical (unpaired) electrons. The van der Waals surface area contributed by atoms with Gasteiger partial charge in [-0.1, -0.05) is 34.8 Å². The van der Waals surface area contributed by atoms with Gasteiger partial charge in [0, 0.05) is 34.7 Å². The maximum absolute atomic E-state index is 12.9. The van der Waals surface area contributed by atoms with Crippen molar-refractivity contribution in [1.29, 1.82) is 0 Å². The predicted octanol–water partition coefficient (Wildman–Crippen LogP) is 5.97. The number of anilines is 1. The Balaban J connectivity index is 1.59. The van der Waals surface area contributed by atoms with Gasteiger partial charge in [-0.25, -0.2) is 0 Å². The SMILES string of the molecule is O=C(NCCCNC(=O)C(F)(F)F)c1cc(NC(=O)C2C(c3cc(Cl)cc(Cl)c3)C2(Cl)Cl)ccc1Cl. The smallest absolute Gasteiger partial charge is 0.352 e. The molecule has 3 rings (SSSR count). The highest BCUT2D eigenvalue weighted by atomic mass is 35.5. The van der Waals surface area contributed by atoms with Crippen LogP contribution in [0.4, 0.5) is 18.9 Å². The van der Waals surface area contributed by atoms with E-state index in [1.807, 2.05) is 0 Å². The normalized spacial score (nSPS) is 18.3. The Morgan fingerprint density at radius 2 is 1.53 bits per heavy atom. The molecule has 0 heterocycles. The molecule has 6 nitrogen and oxygen atoms in total. The Morgan fingerprint density at radius 1 is 0.917 bits per heavy atom. The largest absolute Gasteiger partial charge is 0.471 e. The molecule has 0 bridgehead atoms. The minimum absolute atomic E-state index is 0.0192. The van der Waals surface area contributed by atoms with Crippen LogP contribution < -0.4 is 16.0 Å². The van der Waals surface area contributed by atoms with Gasteiger partial charge < -0.3 is 16.0 Å². The molecular formula is C22H17Cl5F3N3O3. The fourth-order valence-corrected chi connectivity index (χ4v) is 5.08. The lowest BCUT2D eigenvalue weighted by Gasteiger charge is -2.11. The van der Waals surface area contributed by atoms with E-state index >= 15 is 0 Å². The molecule has 2 atom stereocenters. The summed E-state index contributed by atoms with van der Waals surface area (Å²) in [7, 11) is 0. The molecule has 0 aliphatic heterocycles. The summed E-state index contributed by atoms with van der Waals surface area (Å²) in [6, 6.07) is 8.97. The molecule has 2 aromatic carbocycles. The van der Waals surface area contributed by atoms with Crippen molar-refractivity contribution in [2.45, 2.75) is 22.8 Å². The summed E-state index contributed by atoms with van der Waals surface area (Å²) < 4.78 is 35.1. The third-order valence-corrected chi connectivity index (χ3v) is 6.95. The minimum atomic E-state index is -4.98. The molecule has 1 aliphatic carbocycles. The van der Waals surface area contributed by atoms with Gasteiger partial charge in [0.1, 0.15) is 4.33 Å². The first-order valence-corrected chi connectivity index (χ1v) is 12.2. The fourth-order valence-electron chi connectivity index (χ4n) is 3.51. The van der Waals surface area contributed by atoms with Crippen LogP contribution in [0.5, 0.6) is 0 Å². The number of amides is 3. The van der Waals surface area contributed by atoms with Crippen LogP contribution in [0.3, 0.4) is 0 Å². The zero-order valence-corrected chi connectivity index (χ0v) is 21.8. The molecule has 1 fully saturated rings. The average Bonchev–Trinajstić information content (AvgIpc) is 3.35. The number of benzene rings is 2. The highest BCUT2D eigenvalue weighted by molar-refractivity contribution is 6.53. The maximum atomic E-state index is 12.9. The van der Waals surface area contributed by atoms with Crippen LogP contribution in [0.15, 0.2) is 36.4 Å². The lowest BCUT2D eigenvalue weighted by molar-refractivity contribution is -0.173. The summed E-state index contributed by atoms with van der Waals surface area (Å²) in [6.45, 7) is -0.321. The van der Waals surface area contributed by atoms with Crippen LogP contribution in [-0.4, -0.2) is 41.3 Å². The highest BCUT2D eigenvalue weighted by Crippen LogP contribution is 2.65. The van der Waals surface area contributed by atoms with Crippen LogP contribution in [0.1, 0.15) is 28.3 Å². The fraction of sp³-hybridized carbons (Fsp3) is 0.318. The first kappa shape index (κ1) is 28.7. The molecule has 2 aromatic rings. The minimum Gasteiger partial charge on any atom is -0.352 e. The van der Waals surface area contributed by atoms with Gasteiger partial charge in [0.2, 0.25) is 5.91 Å². The number of rotatable bonds is 8. The molecule has 194 valence electrons. The molecule has 1 saturated carbocycles. The zero-order chi connectivity index (χ0) is 26.8. The average molecular weight is 606 g/mol. The highest BCUT2D eigenvalue weighted by Gasteiger charge is 2.67. The van der Waals surface area contributed by atoms with E-state index in [1.165, 1.54) is 24.3 Å². The molecule has 0 saturated heterocycles. The molecule has 3 amide bonds. The van der Waals surface area contributed by atoms with Gasteiger partial charge in [0.25, 0.3) is 5.91 Å². The second-order valence-corrected chi connectivity index (χ2v) is 10.6. The number of halogens is 8. The molecule has 14 heteroatoms. The van der Waals surface area contributed by atoms with E-state index in [0.717, 1.165) is 0 Å². The van der Waals surface area contributed by atoms with Gasteiger partial charge in [0.05, 0.1) is 16.5 Å². The van der Waals surface area contributed by atoms with E-state index in [4.69, 9.17) is 58.0 Å². The number of carbonyl (C=O) groups excluding carboxylic acids is 3. The summed E-state index contributed by atoms with van der Waals surface area (Å²) in [5.41, 5.74) is 0.858. The molecule has 1 aliphatic rings. The number of hydrogen-bond donors (Lipinski definition) is 3. The van der Waals surface area contributed by atoms with Crippen LogP contribution in [0.2, 0.25) is 15.1 Å². The first-order chi connectivity index (χ1) is 16.7. The number of carbonyl (C=O) groups is 3. The van der Waals surface area contributed by atoms with Crippen LogP contribution in [0, 0.1) is 5.92 Å². The molecule has 36 heavy (non-hydrogen) atoms. The van der Waals surface area contributed by atoms with Gasteiger partial charge in [-0.05, 0) is 48.4 Å². The van der Waals surface area contributed by atoms with Crippen molar-refractivity contribution in [2.75, 3.05) is 18.4 Å². The van der Waals surface area contributed by atoms with Crippen LogP contribution >= 0.6 is 58.0 Å². The summed E-state index contributed by atoms with van der Waals surface area (Å²) in [5.74, 6) is -4.58. The number of alkyl halides is 5. The van der Waals surface area contributed by atoms with Crippen molar-refractivity contribution >= 4 is 81.4 Å².